The second-order valence-electron chi connectivity index (χ2n) is 4.89. The van der Waals surface area contributed by atoms with E-state index in [0.717, 1.165) is 0 Å². The van der Waals surface area contributed by atoms with Crippen LogP contribution in [-0.2, 0) is 0 Å². The lowest BCUT2D eigenvalue weighted by Crippen LogP contribution is -2.17. The quantitative estimate of drug-likeness (QED) is 0.604. The van der Waals surface area contributed by atoms with Crippen LogP contribution < -0.4 is 19.6 Å². The van der Waals surface area contributed by atoms with Crippen LogP contribution in [0, 0.1) is 0 Å². The average Bonchev–Trinajstić information content (AvgIpc) is 2.63. The lowest BCUT2D eigenvalue weighted by atomic mass is 10.2. The molecule has 0 aromatic heterocycles. The Morgan fingerprint density at radius 3 is 2.40 bits per heavy atom. The maximum Gasteiger partial charge on any atom is 0.271 e. The van der Waals surface area contributed by atoms with Crippen LogP contribution >= 0.6 is 11.6 Å². The molecule has 2 aromatic rings. The molecule has 1 amide bonds. The van der Waals surface area contributed by atoms with Gasteiger partial charge in [0.2, 0.25) is 0 Å². The fourth-order valence-electron chi connectivity index (χ4n) is 2.06. The molecule has 0 fully saturated rings. The van der Waals surface area contributed by atoms with Gasteiger partial charge in [0, 0.05) is 17.2 Å². The third kappa shape index (κ3) is 4.87. The van der Waals surface area contributed by atoms with Gasteiger partial charge in [0.1, 0.15) is 5.75 Å². The third-order valence-corrected chi connectivity index (χ3v) is 3.63. The topological polar surface area (TPSA) is 69.2 Å². The largest absolute Gasteiger partial charge is 0.494 e. The van der Waals surface area contributed by atoms with Gasteiger partial charge in [-0.05, 0) is 37.3 Å². The molecule has 2 rings (SSSR count). The summed E-state index contributed by atoms with van der Waals surface area (Å²) in [6.07, 6.45) is 1.44. The summed E-state index contributed by atoms with van der Waals surface area (Å²) in [6.45, 7) is 2.47. The second kappa shape index (κ2) is 8.94. The number of nitrogens with one attached hydrogen (secondary N) is 1. The number of amides is 1. The van der Waals surface area contributed by atoms with Crippen molar-refractivity contribution in [2.24, 2.45) is 5.10 Å². The summed E-state index contributed by atoms with van der Waals surface area (Å²) in [5, 5.41) is 4.36. The van der Waals surface area contributed by atoms with E-state index in [4.69, 9.17) is 25.8 Å². The fourth-order valence-corrected chi connectivity index (χ4v) is 2.27. The van der Waals surface area contributed by atoms with Crippen molar-refractivity contribution in [1.82, 2.24) is 5.43 Å². The van der Waals surface area contributed by atoms with Crippen molar-refractivity contribution in [2.75, 3.05) is 20.8 Å². The monoisotopic (exact) mass is 362 g/mol. The van der Waals surface area contributed by atoms with E-state index < -0.39 is 0 Å². The summed E-state index contributed by atoms with van der Waals surface area (Å²) in [5.74, 6) is 1.41. The van der Waals surface area contributed by atoms with Crippen LogP contribution in [0.3, 0.4) is 0 Å². The molecule has 0 unspecified atom stereocenters. The van der Waals surface area contributed by atoms with Gasteiger partial charge >= 0.3 is 0 Å². The molecular weight excluding hydrogens is 344 g/mol. The molecule has 0 bridgehead atoms. The molecule has 0 heterocycles. The minimum Gasteiger partial charge on any atom is -0.494 e. The number of ether oxygens (including phenoxy) is 3. The van der Waals surface area contributed by atoms with Gasteiger partial charge < -0.3 is 14.2 Å². The highest BCUT2D eigenvalue weighted by molar-refractivity contribution is 6.33. The summed E-state index contributed by atoms with van der Waals surface area (Å²) in [7, 11) is 3.05. The average molecular weight is 363 g/mol. The van der Waals surface area contributed by atoms with Crippen LogP contribution in [-0.4, -0.2) is 32.9 Å². The van der Waals surface area contributed by atoms with Gasteiger partial charge in [-0.1, -0.05) is 11.6 Å². The lowest BCUT2D eigenvalue weighted by molar-refractivity contribution is 0.0955. The molecule has 0 aliphatic heterocycles. The van der Waals surface area contributed by atoms with Crippen LogP contribution in [0.25, 0.3) is 0 Å². The molecule has 0 spiro atoms. The number of carbonyl (C=O) groups is 1. The van der Waals surface area contributed by atoms with Gasteiger partial charge in [-0.15, -0.1) is 0 Å². The molecular formula is C18H19ClN2O4. The molecule has 1 N–H and O–H groups in total. The zero-order valence-corrected chi connectivity index (χ0v) is 15.0. The number of hydrogen-bond donors (Lipinski definition) is 1. The van der Waals surface area contributed by atoms with Crippen LogP contribution in [0.2, 0.25) is 5.02 Å². The molecule has 6 nitrogen and oxygen atoms in total. The van der Waals surface area contributed by atoms with Crippen molar-refractivity contribution in [3.63, 3.8) is 0 Å². The van der Waals surface area contributed by atoms with Crippen LogP contribution in [0.1, 0.15) is 22.8 Å². The molecule has 7 heteroatoms. The predicted octanol–water partition coefficient (Wildman–Crippen LogP) is 3.52. The van der Waals surface area contributed by atoms with E-state index in [9.17, 15) is 4.79 Å². The van der Waals surface area contributed by atoms with E-state index in [-0.39, 0.29) is 5.91 Å². The molecule has 2 aromatic carbocycles. The van der Waals surface area contributed by atoms with Crippen LogP contribution in [0.5, 0.6) is 17.2 Å². The van der Waals surface area contributed by atoms with E-state index in [1.165, 1.54) is 20.4 Å². The molecule has 0 radical (unpaired) electrons. The first kappa shape index (κ1) is 18.6. The van der Waals surface area contributed by atoms with Gasteiger partial charge in [-0.25, -0.2) is 5.43 Å². The van der Waals surface area contributed by atoms with E-state index in [2.05, 4.69) is 10.5 Å². The Bertz CT molecular complexity index is 760. The number of nitrogens with zero attached hydrogens (tertiary/aromatic N) is 1. The van der Waals surface area contributed by atoms with Crippen molar-refractivity contribution in [3.8, 4) is 17.2 Å². The van der Waals surface area contributed by atoms with E-state index in [1.807, 2.05) is 6.92 Å². The minimum absolute atomic E-state index is 0.337. The highest BCUT2D eigenvalue weighted by Crippen LogP contribution is 2.32. The van der Waals surface area contributed by atoms with E-state index in [1.54, 1.807) is 36.4 Å². The molecule has 25 heavy (non-hydrogen) atoms. The first-order chi connectivity index (χ1) is 12.1. The molecule has 0 aliphatic rings. The zero-order valence-electron chi connectivity index (χ0n) is 14.2. The summed E-state index contributed by atoms with van der Waals surface area (Å²) in [6, 6.07) is 10.1. The first-order valence-electron chi connectivity index (χ1n) is 7.56. The summed E-state index contributed by atoms with van der Waals surface area (Å²) in [5.41, 5.74) is 3.51. The van der Waals surface area contributed by atoms with Gasteiger partial charge in [-0.2, -0.15) is 5.10 Å². The second-order valence-corrected chi connectivity index (χ2v) is 5.29. The van der Waals surface area contributed by atoms with Crippen LogP contribution in [0.4, 0.5) is 0 Å². The number of methoxy groups -OCH3 is 2. The van der Waals surface area contributed by atoms with Crippen LogP contribution in [0.15, 0.2) is 41.5 Å². The molecule has 0 saturated heterocycles. The number of carbonyl (C=O) groups excluding carboxylic acids is 1. The molecule has 0 saturated carbocycles. The van der Waals surface area contributed by atoms with Crippen molar-refractivity contribution in [2.45, 2.75) is 6.92 Å². The highest BCUT2D eigenvalue weighted by atomic mass is 35.5. The first-order valence-corrected chi connectivity index (χ1v) is 7.94. The zero-order chi connectivity index (χ0) is 18.2. The van der Waals surface area contributed by atoms with Gasteiger partial charge in [0.25, 0.3) is 5.91 Å². The smallest absolute Gasteiger partial charge is 0.271 e. The van der Waals surface area contributed by atoms with Crippen molar-refractivity contribution >= 4 is 23.7 Å². The Morgan fingerprint density at radius 2 is 1.80 bits per heavy atom. The maximum absolute atomic E-state index is 12.1. The van der Waals surface area contributed by atoms with Gasteiger partial charge in [0.15, 0.2) is 11.5 Å². The van der Waals surface area contributed by atoms with Gasteiger partial charge in [0.05, 0.1) is 32.1 Å². The van der Waals surface area contributed by atoms with Gasteiger partial charge in [-0.3, -0.25) is 4.79 Å². The minimum atomic E-state index is -0.337. The van der Waals surface area contributed by atoms with Crippen molar-refractivity contribution in [1.29, 1.82) is 0 Å². The fraction of sp³-hybridized carbons (Fsp3) is 0.222. The number of hydrazone groups is 1. The molecule has 132 valence electrons. The Morgan fingerprint density at radius 1 is 1.16 bits per heavy atom. The third-order valence-electron chi connectivity index (χ3n) is 3.30. The molecule has 0 atom stereocenters. The molecule has 0 aliphatic carbocycles. The van der Waals surface area contributed by atoms with E-state index >= 15 is 0 Å². The van der Waals surface area contributed by atoms with Crippen molar-refractivity contribution < 1.29 is 19.0 Å². The summed E-state index contributed by atoms with van der Waals surface area (Å²) < 4.78 is 15.7. The number of benzene rings is 2. The Labute approximate surface area is 151 Å². The number of rotatable bonds is 7. The summed E-state index contributed by atoms with van der Waals surface area (Å²) in [4.78, 5) is 12.1. The lowest BCUT2D eigenvalue weighted by Gasteiger charge is -2.09. The predicted molar refractivity (Wildman–Crippen MR) is 97.2 cm³/mol. The maximum atomic E-state index is 12.1. The summed E-state index contributed by atoms with van der Waals surface area (Å²) >= 11 is 6.16. The number of hydrogen-bond acceptors (Lipinski definition) is 5. The SMILES string of the molecule is CCOc1ccc(C(=O)N/N=C/c2cc(OC)c(OC)cc2Cl)cc1. The Kier molecular flexibility index (Phi) is 6.65. The van der Waals surface area contributed by atoms with Crippen molar-refractivity contribution in [3.05, 3.63) is 52.5 Å². The number of halogens is 1. The standard InChI is InChI=1S/C18H19ClN2O4/c1-4-25-14-7-5-12(6-8-14)18(22)21-20-11-13-9-16(23-2)17(24-3)10-15(13)19/h5-11H,4H2,1-3H3,(H,21,22)/b20-11+. The normalized spacial score (nSPS) is 10.6. The Hall–Kier alpha value is -2.73. The highest BCUT2D eigenvalue weighted by Gasteiger charge is 2.09. The van der Waals surface area contributed by atoms with E-state index in [0.29, 0.717) is 40.0 Å². The Balaban J connectivity index is 2.06.